The normalized spacial score (nSPS) is 18.5. The molecule has 168 valence electrons. The molecular weight excluding hydrogens is 420 g/mol. The summed E-state index contributed by atoms with van der Waals surface area (Å²) in [4.78, 5) is 28.4. The van der Waals surface area contributed by atoms with Gasteiger partial charge in [-0.15, -0.1) is 0 Å². The van der Waals surface area contributed by atoms with Crippen molar-refractivity contribution in [1.29, 1.82) is 0 Å². The minimum absolute atomic E-state index is 0.0648. The van der Waals surface area contributed by atoms with Crippen LogP contribution in [0.25, 0.3) is 11.0 Å². The van der Waals surface area contributed by atoms with Crippen molar-refractivity contribution < 1.29 is 22.4 Å². The molecule has 2 aliphatic rings. The molecule has 8 nitrogen and oxygen atoms in total. The summed E-state index contributed by atoms with van der Waals surface area (Å²) in [5, 5.41) is 0.868. The lowest BCUT2D eigenvalue weighted by molar-refractivity contribution is 0.0133. The van der Waals surface area contributed by atoms with Gasteiger partial charge in [-0.2, -0.15) is 0 Å². The van der Waals surface area contributed by atoms with Crippen molar-refractivity contribution in [3.63, 3.8) is 0 Å². The van der Waals surface area contributed by atoms with E-state index in [4.69, 9.17) is 9.15 Å². The van der Waals surface area contributed by atoms with Crippen LogP contribution in [0, 0.1) is 12.3 Å². The van der Waals surface area contributed by atoms with Crippen molar-refractivity contribution in [3.8, 4) is 0 Å². The van der Waals surface area contributed by atoms with E-state index in [1.807, 2.05) is 25.1 Å². The topological polar surface area (TPSA) is 97.1 Å². The molecule has 9 heteroatoms. The predicted octanol–water partition coefficient (Wildman–Crippen LogP) is 2.36. The Labute approximate surface area is 181 Å². The molecule has 0 atom stereocenters. The monoisotopic (exact) mass is 448 g/mol. The Kier molecular flexibility index (Phi) is 5.49. The van der Waals surface area contributed by atoms with Crippen LogP contribution in [0.15, 0.2) is 27.4 Å². The van der Waals surface area contributed by atoms with Crippen LogP contribution >= 0.6 is 0 Å². The number of sulfone groups is 1. The summed E-state index contributed by atoms with van der Waals surface area (Å²) in [7, 11) is -2.92. The number of carbonyl (C=O) groups is 1. The van der Waals surface area contributed by atoms with E-state index in [9.17, 15) is 18.0 Å². The smallest absolute Gasteiger partial charge is 0.409 e. The van der Waals surface area contributed by atoms with Crippen LogP contribution in [0.5, 0.6) is 0 Å². The van der Waals surface area contributed by atoms with Crippen LogP contribution in [0.4, 0.5) is 10.5 Å². The highest BCUT2D eigenvalue weighted by Gasteiger charge is 2.57. The lowest BCUT2D eigenvalue weighted by Crippen LogP contribution is -2.69. The summed E-state index contributed by atoms with van der Waals surface area (Å²) in [6.45, 7) is 8.65. The van der Waals surface area contributed by atoms with Gasteiger partial charge in [0.1, 0.15) is 5.58 Å². The van der Waals surface area contributed by atoms with Gasteiger partial charge >= 0.3 is 11.7 Å². The first-order valence-electron chi connectivity index (χ1n) is 10.6. The number of anilines is 1. The molecule has 31 heavy (non-hydrogen) atoms. The Hall–Kier alpha value is -2.55. The highest BCUT2D eigenvalue weighted by atomic mass is 32.2. The highest BCUT2D eigenvalue weighted by Crippen LogP contribution is 2.41. The number of rotatable bonds is 6. The van der Waals surface area contributed by atoms with Crippen molar-refractivity contribution in [2.75, 3.05) is 49.2 Å². The van der Waals surface area contributed by atoms with E-state index >= 15 is 0 Å². The Morgan fingerprint density at radius 3 is 2.52 bits per heavy atom. The van der Waals surface area contributed by atoms with E-state index in [2.05, 4.69) is 18.7 Å². The van der Waals surface area contributed by atoms with Crippen LogP contribution < -0.4 is 10.5 Å². The average molecular weight is 449 g/mol. The van der Waals surface area contributed by atoms with Gasteiger partial charge in [0.2, 0.25) is 0 Å². The van der Waals surface area contributed by atoms with E-state index in [-0.39, 0.29) is 29.9 Å². The molecule has 3 heterocycles. The minimum atomic E-state index is -2.92. The van der Waals surface area contributed by atoms with Gasteiger partial charge in [0, 0.05) is 60.7 Å². The van der Waals surface area contributed by atoms with Gasteiger partial charge in [-0.1, -0.05) is 0 Å². The summed E-state index contributed by atoms with van der Waals surface area (Å²) >= 11 is 0. The first-order valence-corrected chi connectivity index (χ1v) is 12.4. The number of hydrogen-bond donors (Lipinski definition) is 0. The number of hydrogen-bond acceptors (Lipinski definition) is 7. The van der Waals surface area contributed by atoms with Crippen LogP contribution in [0.3, 0.4) is 0 Å². The summed E-state index contributed by atoms with van der Waals surface area (Å²) in [5.41, 5.74) is 2.21. The fraction of sp³-hybridized carbons (Fsp3) is 0.545. The number of nitrogens with zero attached hydrogens (tertiary/aromatic N) is 2. The van der Waals surface area contributed by atoms with E-state index in [0.29, 0.717) is 24.2 Å². The largest absolute Gasteiger partial charge is 0.449 e. The number of ether oxygens (including phenoxy) is 1. The number of aryl methyl sites for hydroxylation is 1. The van der Waals surface area contributed by atoms with E-state index in [1.54, 1.807) is 0 Å². The molecule has 2 saturated heterocycles. The molecule has 1 spiro atoms. The molecule has 4 rings (SSSR count). The van der Waals surface area contributed by atoms with Gasteiger partial charge in [0.05, 0.1) is 18.1 Å². The van der Waals surface area contributed by atoms with Gasteiger partial charge in [0.25, 0.3) is 0 Å². The second-order valence-corrected chi connectivity index (χ2v) is 10.7. The molecule has 1 aromatic carbocycles. The van der Waals surface area contributed by atoms with Gasteiger partial charge in [-0.05, 0) is 38.5 Å². The SMILES string of the molecule is CCN(CC)c1ccc2c(C)c(CCOC(=O)N3CC4(C3)CS(=O)(=O)C4)c(=O)oc2c1. The fourth-order valence-corrected chi connectivity index (χ4v) is 6.90. The maximum atomic E-state index is 12.6. The lowest BCUT2D eigenvalue weighted by atomic mass is 9.83. The van der Waals surface area contributed by atoms with Crippen molar-refractivity contribution in [2.24, 2.45) is 5.41 Å². The van der Waals surface area contributed by atoms with Crippen molar-refractivity contribution >= 4 is 32.6 Å². The third-order valence-corrected chi connectivity index (χ3v) is 8.44. The van der Waals surface area contributed by atoms with Crippen molar-refractivity contribution in [3.05, 3.63) is 39.7 Å². The first kappa shape index (κ1) is 21.7. The number of likely N-dealkylation sites (tertiary alicyclic amines) is 1. The predicted molar refractivity (Wildman–Crippen MR) is 118 cm³/mol. The quantitative estimate of drug-likeness (QED) is 0.626. The summed E-state index contributed by atoms with van der Waals surface area (Å²) in [6.07, 6.45) is -0.206. The van der Waals surface area contributed by atoms with Gasteiger partial charge < -0.3 is 19.0 Å². The van der Waals surface area contributed by atoms with E-state index in [0.717, 1.165) is 29.7 Å². The zero-order valence-corrected chi connectivity index (χ0v) is 19.0. The molecule has 2 fully saturated rings. The summed E-state index contributed by atoms with van der Waals surface area (Å²) in [5.74, 6) is 0.300. The Balaban J connectivity index is 1.39. The summed E-state index contributed by atoms with van der Waals surface area (Å²) < 4.78 is 33.6. The standard InChI is InChI=1S/C22H28N2O6S/c1-4-23(5-2)16-6-7-17-15(3)18(20(25)30-19(17)10-16)8-9-29-21(26)24-11-22(12-24)13-31(27,28)14-22/h6-7,10H,4-5,8-9,11-14H2,1-3H3. The number of amides is 1. The zero-order chi connectivity index (χ0) is 22.4. The first-order chi connectivity index (χ1) is 14.7. The molecule has 0 radical (unpaired) electrons. The highest BCUT2D eigenvalue weighted by molar-refractivity contribution is 7.92. The number of carbonyl (C=O) groups excluding carboxylic acids is 1. The van der Waals surface area contributed by atoms with Crippen molar-refractivity contribution in [1.82, 2.24) is 4.90 Å². The lowest BCUT2D eigenvalue weighted by Gasteiger charge is -2.53. The molecule has 2 aromatic rings. The average Bonchev–Trinajstić information content (AvgIpc) is 2.67. The third-order valence-electron chi connectivity index (χ3n) is 6.34. The van der Waals surface area contributed by atoms with Crippen LogP contribution in [0.1, 0.15) is 25.0 Å². The number of benzene rings is 1. The molecule has 0 saturated carbocycles. The Morgan fingerprint density at radius 2 is 1.90 bits per heavy atom. The zero-order valence-electron chi connectivity index (χ0n) is 18.1. The van der Waals surface area contributed by atoms with Gasteiger partial charge in [0.15, 0.2) is 9.84 Å². The van der Waals surface area contributed by atoms with Crippen LogP contribution in [0.2, 0.25) is 0 Å². The maximum Gasteiger partial charge on any atom is 0.409 e. The molecule has 1 aromatic heterocycles. The maximum absolute atomic E-state index is 12.6. The molecule has 0 unspecified atom stereocenters. The van der Waals surface area contributed by atoms with E-state index in [1.165, 1.54) is 4.90 Å². The second kappa shape index (κ2) is 7.85. The molecule has 1 amide bonds. The Bertz CT molecular complexity index is 1160. The van der Waals surface area contributed by atoms with E-state index < -0.39 is 21.6 Å². The molecule has 0 N–H and O–H groups in total. The molecular formula is C22H28N2O6S. The van der Waals surface area contributed by atoms with Gasteiger partial charge in [-0.25, -0.2) is 18.0 Å². The van der Waals surface area contributed by atoms with Crippen molar-refractivity contribution in [2.45, 2.75) is 27.2 Å². The van der Waals surface area contributed by atoms with Gasteiger partial charge in [-0.3, -0.25) is 0 Å². The second-order valence-electron chi connectivity index (χ2n) is 8.60. The Morgan fingerprint density at radius 1 is 1.23 bits per heavy atom. The van der Waals surface area contributed by atoms with Crippen LogP contribution in [-0.4, -0.2) is 63.7 Å². The van der Waals surface area contributed by atoms with Crippen LogP contribution in [-0.2, 0) is 21.0 Å². The number of fused-ring (bicyclic) bond motifs is 1. The summed E-state index contributed by atoms with van der Waals surface area (Å²) in [6, 6.07) is 5.87. The molecule has 0 aliphatic carbocycles. The molecule has 2 aliphatic heterocycles. The fourth-order valence-electron chi connectivity index (χ4n) is 4.75. The third kappa shape index (κ3) is 4.03. The molecule has 0 bridgehead atoms. The minimum Gasteiger partial charge on any atom is -0.449 e.